The third-order valence-electron chi connectivity index (χ3n) is 4.09. The van der Waals surface area contributed by atoms with Crippen molar-refractivity contribution in [1.29, 1.82) is 0 Å². The largest absolute Gasteiger partial charge is 0.457 e. The van der Waals surface area contributed by atoms with Gasteiger partial charge in [-0.05, 0) is 36.9 Å². The molecule has 1 aromatic heterocycles. The van der Waals surface area contributed by atoms with E-state index in [1.807, 2.05) is 12.1 Å². The molecule has 0 radical (unpaired) electrons. The van der Waals surface area contributed by atoms with E-state index < -0.39 is 0 Å². The molecule has 1 aliphatic rings. The average molecular weight is 346 g/mol. The number of carbonyl (C=O) groups excluding carboxylic acids is 1. The van der Waals surface area contributed by atoms with E-state index in [0.29, 0.717) is 10.6 Å². The molecule has 0 unspecified atom stereocenters. The summed E-state index contributed by atoms with van der Waals surface area (Å²) in [5.74, 6) is 0.478. The molecular weight excluding hydrogens is 326 g/mol. The summed E-state index contributed by atoms with van der Waals surface area (Å²) >= 11 is 5.85. The van der Waals surface area contributed by atoms with Gasteiger partial charge in [-0.3, -0.25) is 0 Å². The van der Waals surface area contributed by atoms with Gasteiger partial charge in [-0.15, -0.1) is 0 Å². The zero-order chi connectivity index (χ0) is 16.9. The molecule has 2 aromatic rings. The topological polar surface area (TPSA) is 45.7 Å². The van der Waals surface area contributed by atoms with E-state index in [2.05, 4.69) is 21.8 Å². The van der Waals surface area contributed by atoms with Crippen molar-refractivity contribution in [3.8, 4) is 0 Å². The predicted octanol–water partition coefficient (Wildman–Crippen LogP) is 2.84. The monoisotopic (exact) mass is 345 g/mol. The third kappa shape index (κ3) is 4.24. The molecule has 0 saturated carbocycles. The minimum absolute atomic E-state index is 0.224. The molecule has 0 N–H and O–H groups in total. The van der Waals surface area contributed by atoms with Crippen LogP contribution in [0.4, 0.5) is 5.82 Å². The van der Waals surface area contributed by atoms with Gasteiger partial charge in [0, 0.05) is 37.4 Å². The molecule has 1 saturated heterocycles. The van der Waals surface area contributed by atoms with Crippen LogP contribution in [0.2, 0.25) is 5.02 Å². The zero-order valence-electron chi connectivity index (χ0n) is 13.6. The number of piperazine rings is 1. The highest BCUT2D eigenvalue weighted by Gasteiger charge is 2.17. The normalized spacial score (nSPS) is 15.3. The van der Waals surface area contributed by atoms with Crippen LogP contribution in [0.1, 0.15) is 15.9 Å². The van der Waals surface area contributed by atoms with E-state index in [9.17, 15) is 4.79 Å². The number of aromatic nitrogens is 1. The maximum atomic E-state index is 12.3. The van der Waals surface area contributed by atoms with Crippen LogP contribution in [-0.4, -0.2) is 49.1 Å². The second-order valence-electron chi connectivity index (χ2n) is 5.90. The molecule has 0 bridgehead atoms. The van der Waals surface area contributed by atoms with Crippen LogP contribution < -0.4 is 4.90 Å². The van der Waals surface area contributed by atoms with E-state index in [1.165, 1.54) is 0 Å². The summed E-state index contributed by atoms with van der Waals surface area (Å²) < 4.78 is 5.38. The average Bonchev–Trinajstić information content (AvgIpc) is 2.62. The van der Waals surface area contributed by atoms with Crippen molar-refractivity contribution in [2.24, 2.45) is 0 Å². The van der Waals surface area contributed by atoms with Gasteiger partial charge < -0.3 is 14.5 Å². The Balaban J connectivity index is 1.62. The summed E-state index contributed by atoms with van der Waals surface area (Å²) in [7, 11) is 2.11. The number of pyridine rings is 1. The Morgan fingerprint density at radius 3 is 2.58 bits per heavy atom. The standard InChI is InChI=1S/C18H20ClN3O2/c1-21-8-10-22(11-9-21)17-12-15(6-7-20-17)18(23)24-13-14-2-4-16(19)5-3-14/h2-7,12H,8-11,13H2,1H3. The fourth-order valence-electron chi connectivity index (χ4n) is 2.57. The van der Waals surface area contributed by atoms with Gasteiger partial charge in [-0.1, -0.05) is 23.7 Å². The Morgan fingerprint density at radius 2 is 1.88 bits per heavy atom. The zero-order valence-corrected chi connectivity index (χ0v) is 14.4. The summed E-state index contributed by atoms with van der Waals surface area (Å²) in [5, 5.41) is 0.663. The van der Waals surface area contributed by atoms with Crippen molar-refractivity contribution in [3.63, 3.8) is 0 Å². The van der Waals surface area contributed by atoms with Gasteiger partial charge >= 0.3 is 5.97 Å². The maximum absolute atomic E-state index is 12.3. The van der Waals surface area contributed by atoms with Crippen LogP contribution in [0.25, 0.3) is 0 Å². The number of nitrogens with zero attached hydrogens (tertiary/aromatic N) is 3. The minimum atomic E-state index is -0.345. The van der Waals surface area contributed by atoms with E-state index in [-0.39, 0.29) is 12.6 Å². The van der Waals surface area contributed by atoms with Crippen LogP contribution in [0.3, 0.4) is 0 Å². The lowest BCUT2D eigenvalue weighted by atomic mass is 10.2. The fourth-order valence-corrected chi connectivity index (χ4v) is 2.69. The molecule has 0 amide bonds. The highest BCUT2D eigenvalue weighted by Crippen LogP contribution is 2.16. The molecule has 1 aromatic carbocycles. The van der Waals surface area contributed by atoms with Crippen molar-refractivity contribution < 1.29 is 9.53 Å². The van der Waals surface area contributed by atoms with Crippen molar-refractivity contribution in [2.75, 3.05) is 38.1 Å². The van der Waals surface area contributed by atoms with E-state index in [0.717, 1.165) is 37.6 Å². The van der Waals surface area contributed by atoms with Gasteiger partial charge in [-0.25, -0.2) is 9.78 Å². The highest BCUT2D eigenvalue weighted by atomic mass is 35.5. The van der Waals surface area contributed by atoms with Crippen LogP contribution in [0.5, 0.6) is 0 Å². The molecule has 2 heterocycles. The van der Waals surface area contributed by atoms with E-state index in [4.69, 9.17) is 16.3 Å². The summed E-state index contributed by atoms with van der Waals surface area (Å²) in [5.41, 5.74) is 1.42. The first kappa shape index (κ1) is 16.7. The summed E-state index contributed by atoms with van der Waals surface area (Å²) in [6.45, 7) is 4.03. The first-order chi connectivity index (χ1) is 11.6. The molecule has 0 atom stereocenters. The second-order valence-corrected chi connectivity index (χ2v) is 6.33. The van der Waals surface area contributed by atoms with Crippen LogP contribution >= 0.6 is 11.6 Å². The molecule has 0 aliphatic carbocycles. The summed E-state index contributed by atoms with van der Waals surface area (Å²) in [6.07, 6.45) is 1.66. The van der Waals surface area contributed by atoms with E-state index >= 15 is 0 Å². The molecule has 1 aliphatic heterocycles. The van der Waals surface area contributed by atoms with Gasteiger partial charge in [0.2, 0.25) is 0 Å². The molecule has 6 heteroatoms. The Labute approximate surface area is 146 Å². The van der Waals surface area contributed by atoms with Crippen LogP contribution in [-0.2, 0) is 11.3 Å². The van der Waals surface area contributed by atoms with Gasteiger partial charge in [0.05, 0.1) is 5.56 Å². The van der Waals surface area contributed by atoms with Gasteiger partial charge in [0.25, 0.3) is 0 Å². The molecule has 1 fully saturated rings. The Bertz CT molecular complexity index is 698. The lowest BCUT2D eigenvalue weighted by molar-refractivity contribution is 0.0472. The molecule has 24 heavy (non-hydrogen) atoms. The number of likely N-dealkylation sites (N-methyl/N-ethyl adjacent to an activating group) is 1. The smallest absolute Gasteiger partial charge is 0.338 e. The number of carbonyl (C=O) groups is 1. The van der Waals surface area contributed by atoms with E-state index in [1.54, 1.807) is 30.5 Å². The summed E-state index contributed by atoms with van der Waals surface area (Å²) in [6, 6.07) is 10.7. The molecular formula is C18H20ClN3O2. The van der Waals surface area contributed by atoms with Crippen molar-refractivity contribution in [1.82, 2.24) is 9.88 Å². The Kier molecular flexibility index (Phi) is 5.33. The maximum Gasteiger partial charge on any atom is 0.338 e. The number of hydrogen-bond acceptors (Lipinski definition) is 5. The Hall–Kier alpha value is -2.11. The number of halogens is 1. The molecule has 3 rings (SSSR count). The molecule has 126 valence electrons. The first-order valence-corrected chi connectivity index (χ1v) is 8.31. The predicted molar refractivity (Wildman–Crippen MR) is 94.5 cm³/mol. The minimum Gasteiger partial charge on any atom is -0.457 e. The van der Waals surface area contributed by atoms with Crippen molar-refractivity contribution in [2.45, 2.75) is 6.61 Å². The molecule has 0 spiro atoms. The van der Waals surface area contributed by atoms with Crippen molar-refractivity contribution >= 4 is 23.4 Å². The quantitative estimate of drug-likeness (QED) is 0.797. The molecule has 5 nitrogen and oxygen atoms in total. The van der Waals surface area contributed by atoms with Crippen LogP contribution in [0.15, 0.2) is 42.6 Å². The second kappa shape index (κ2) is 7.64. The summed E-state index contributed by atoms with van der Waals surface area (Å²) in [4.78, 5) is 21.1. The van der Waals surface area contributed by atoms with Crippen LogP contribution in [0, 0.1) is 0 Å². The lowest BCUT2D eigenvalue weighted by Gasteiger charge is -2.33. The number of benzene rings is 1. The number of ether oxygens (including phenoxy) is 1. The fraction of sp³-hybridized carbons (Fsp3) is 0.333. The number of hydrogen-bond donors (Lipinski definition) is 0. The Morgan fingerprint density at radius 1 is 1.17 bits per heavy atom. The lowest BCUT2D eigenvalue weighted by Crippen LogP contribution is -2.44. The van der Waals surface area contributed by atoms with Gasteiger partial charge in [-0.2, -0.15) is 0 Å². The highest BCUT2D eigenvalue weighted by molar-refractivity contribution is 6.30. The van der Waals surface area contributed by atoms with Gasteiger partial charge in [0.15, 0.2) is 0 Å². The number of esters is 1. The third-order valence-corrected chi connectivity index (χ3v) is 4.34. The number of rotatable bonds is 4. The first-order valence-electron chi connectivity index (χ1n) is 7.93. The van der Waals surface area contributed by atoms with Crippen molar-refractivity contribution in [3.05, 3.63) is 58.7 Å². The SMILES string of the molecule is CN1CCN(c2cc(C(=O)OCc3ccc(Cl)cc3)ccn2)CC1. The number of anilines is 1. The van der Waals surface area contributed by atoms with Gasteiger partial charge in [0.1, 0.15) is 12.4 Å².